The molecular formula is C17H28N2O. The molecule has 1 aliphatic rings. The highest BCUT2D eigenvalue weighted by molar-refractivity contribution is 5.14. The Morgan fingerprint density at radius 2 is 1.90 bits per heavy atom. The molecule has 2 rings (SSSR count). The predicted octanol–water partition coefficient (Wildman–Crippen LogP) is 2.32. The maximum atomic E-state index is 5.93. The minimum absolute atomic E-state index is 0.492. The lowest BCUT2D eigenvalue weighted by atomic mass is 10.1. The first-order chi connectivity index (χ1) is 9.84. The molecule has 1 heterocycles. The molecule has 1 saturated heterocycles. The van der Waals surface area contributed by atoms with Gasteiger partial charge in [0, 0.05) is 19.7 Å². The monoisotopic (exact) mass is 276 g/mol. The number of nitrogens with zero attached hydrogens (tertiary/aromatic N) is 1. The summed E-state index contributed by atoms with van der Waals surface area (Å²) < 4.78 is 5.93. The van der Waals surface area contributed by atoms with Crippen LogP contribution in [-0.4, -0.2) is 50.8 Å². The van der Waals surface area contributed by atoms with Gasteiger partial charge < -0.3 is 15.0 Å². The molecule has 20 heavy (non-hydrogen) atoms. The van der Waals surface area contributed by atoms with Crippen molar-refractivity contribution in [3.05, 3.63) is 35.9 Å². The van der Waals surface area contributed by atoms with Gasteiger partial charge in [-0.2, -0.15) is 0 Å². The van der Waals surface area contributed by atoms with Crippen molar-refractivity contribution in [2.24, 2.45) is 0 Å². The second-order valence-electron chi connectivity index (χ2n) is 5.71. The van der Waals surface area contributed by atoms with Crippen LogP contribution in [0.4, 0.5) is 0 Å². The highest BCUT2D eigenvalue weighted by atomic mass is 16.5. The zero-order valence-corrected chi connectivity index (χ0v) is 12.7. The van der Waals surface area contributed by atoms with E-state index in [0.717, 1.165) is 45.6 Å². The van der Waals surface area contributed by atoms with Gasteiger partial charge in [-0.3, -0.25) is 0 Å². The van der Waals surface area contributed by atoms with Gasteiger partial charge in [-0.1, -0.05) is 30.3 Å². The van der Waals surface area contributed by atoms with Gasteiger partial charge in [-0.25, -0.2) is 0 Å². The van der Waals surface area contributed by atoms with Gasteiger partial charge in [-0.15, -0.1) is 0 Å². The van der Waals surface area contributed by atoms with Crippen molar-refractivity contribution in [3.8, 4) is 0 Å². The van der Waals surface area contributed by atoms with E-state index in [1.165, 1.54) is 18.4 Å². The number of hydrogen-bond donors (Lipinski definition) is 1. The van der Waals surface area contributed by atoms with Crippen molar-refractivity contribution in [2.75, 3.05) is 39.8 Å². The van der Waals surface area contributed by atoms with E-state index < -0.39 is 0 Å². The van der Waals surface area contributed by atoms with Crippen LogP contribution in [0.2, 0.25) is 0 Å². The largest absolute Gasteiger partial charge is 0.378 e. The molecule has 1 aliphatic heterocycles. The van der Waals surface area contributed by atoms with Gasteiger partial charge in [0.15, 0.2) is 0 Å². The maximum Gasteiger partial charge on any atom is 0.0599 e. The Morgan fingerprint density at radius 3 is 2.65 bits per heavy atom. The second-order valence-corrected chi connectivity index (χ2v) is 5.71. The molecule has 1 N–H and O–H groups in total. The maximum absolute atomic E-state index is 5.93. The highest BCUT2D eigenvalue weighted by Crippen LogP contribution is 2.07. The van der Waals surface area contributed by atoms with Crippen LogP contribution >= 0.6 is 0 Å². The number of piperidine rings is 1. The molecule has 0 unspecified atom stereocenters. The lowest BCUT2D eigenvalue weighted by Gasteiger charge is -2.23. The van der Waals surface area contributed by atoms with Gasteiger partial charge in [0.25, 0.3) is 0 Å². The average Bonchev–Trinajstić information content (AvgIpc) is 2.52. The molecule has 0 aromatic heterocycles. The number of rotatable bonds is 8. The topological polar surface area (TPSA) is 24.5 Å². The third-order valence-electron chi connectivity index (χ3n) is 3.95. The number of ether oxygens (including phenoxy) is 1. The molecule has 112 valence electrons. The minimum atomic E-state index is 0.492. The molecule has 0 radical (unpaired) electrons. The first-order valence-corrected chi connectivity index (χ1v) is 7.89. The fourth-order valence-corrected chi connectivity index (χ4v) is 2.62. The van der Waals surface area contributed by atoms with Crippen LogP contribution in [-0.2, 0) is 11.2 Å². The molecule has 0 saturated carbocycles. The van der Waals surface area contributed by atoms with Crippen molar-refractivity contribution in [1.82, 2.24) is 10.2 Å². The summed E-state index contributed by atoms with van der Waals surface area (Å²) in [4.78, 5) is 2.40. The lowest BCUT2D eigenvalue weighted by Crippen LogP contribution is -2.33. The number of hydrogen-bond acceptors (Lipinski definition) is 3. The van der Waals surface area contributed by atoms with E-state index >= 15 is 0 Å². The molecule has 0 amide bonds. The van der Waals surface area contributed by atoms with E-state index in [9.17, 15) is 0 Å². The number of benzene rings is 1. The highest BCUT2D eigenvalue weighted by Gasteiger charge is 2.12. The Kier molecular flexibility index (Phi) is 7.06. The standard InChI is InChI=1S/C17H28N2O/c1-19(14-10-16-6-3-2-4-7-16)13-5-15-20-17-8-11-18-12-9-17/h2-4,6-7,17-18H,5,8-15H2,1H3. The summed E-state index contributed by atoms with van der Waals surface area (Å²) in [6.45, 7) is 5.37. The minimum Gasteiger partial charge on any atom is -0.378 e. The Morgan fingerprint density at radius 1 is 1.15 bits per heavy atom. The lowest BCUT2D eigenvalue weighted by molar-refractivity contribution is 0.0287. The van der Waals surface area contributed by atoms with Crippen molar-refractivity contribution >= 4 is 0 Å². The van der Waals surface area contributed by atoms with Gasteiger partial charge in [-0.05, 0) is 51.4 Å². The molecular weight excluding hydrogens is 248 g/mol. The Labute approximate surface area is 123 Å². The van der Waals surface area contributed by atoms with E-state index in [4.69, 9.17) is 4.74 Å². The van der Waals surface area contributed by atoms with E-state index in [0.29, 0.717) is 6.10 Å². The van der Waals surface area contributed by atoms with Crippen LogP contribution in [0.25, 0.3) is 0 Å². The van der Waals surface area contributed by atoms with Crippen molar-refractivity contribution in [1.29, 1.82) is 0 Å². The normalized spacial score (nSPS) is 16.7. The molecule has 0 bridgehead atoms. The fourth-order valence-electron chi connectivity index (χ4n) is 2.62. The fraction of sp³-hybridized carbons (Fsp3) is 0.647. The van der Waals surface area contributed by atoms with E-state index in [-0.39, 0.29) is 0 Å². The summed E-state index contributed by atoms with van der Waals surface area (Å²) in [6.07, 6.45) is 5.10. The smallest absolute Gasteiger partial charge is 0.0599 e. The van der Waals surface area contributed by atoms with E-state index in [1.54, 1.807) is 0 Å². The van der Waals surface area contributed by atoms with Gasteiger partial charge >= 0.3 is 0 Å². The van der Waals surface area contributed by atoms with Crippen LogP contribution < -0.4 is 5.32 Å². The van der Waals surface area contributed by atoms with Crippen LogP contribution in [0.5, 0.6) is 0 Å². The Bertz CT molecular complexity index is 349. The summed E-state index contributed by atoms with van der Waals surface area (Å²) in [5.74, 6) is 0. The number of likely N-dealkylation sites (N-methyl/N-ethyl adjacent to an activating group) is 1. The zero-order valence-electron chi connectivity index (χ0n) is 12.7. The average molecular weight is 276 g/mol. The third kappa shape index (κ3) is 6.04. The van der Waals surface area contributed by atoms with Gasteiger partial charge in [0.05, 0.1) is 6.10 Å². The van der Waals surface area contributed by atoms with E-state index in [2.05, 4.69) is 47.6 Å². The summed E-state index contributed by atoms with van der Waals surface area (Å²) in [5, 5.41) is 3.37. The molecule has 0 spiro atoms. The van der Waals surface area contributed by atoms with Gasteiger partial charge in [0.2, 0.25) is 0 Å². The quantitative estimate of drug-likeness (QED) is 0.738. The SMILES string of the molecule is CN(CCCOC1CCNCC1)CCc1ccccc1. The van der Waals surface area contributed by atoms with Crippen LogP contribution in [0.3, 0.4) is 0 Å². The van der Waals surface area contributed by atoms with Gasteiger partial charge in [0.1, 0.15) is 0 Å². The van der Waals surface area contributed by atoms with Crippen molar-refractivity contribution < 1.29 is 4.74 Å². The first-order valence-electron chi connectivity index (χ1n) is 7.89. The predicted molar refractivity (Wildman–Crippen MR) is 84.1 cm³/mol. The summed E-state index contributed by atoms with van der Waals surface area (Å²) in [6, 6.07) is 10.7. The summed E-state index contributed by atoms with van der Waals surface area (Å²) >= 11 is 0. The van der Waals surface area contributed by atoms with E-state index in [1.807, 2.05) is 0 Å². The van der Waals surface area contributed by atoms with Crippen molar-refractivity contribution in [2.45, 2.75) is 31.8 Å². The summed E-state index contributed by atoms with van der Waals surface area (Å²) in [7, 11) is 2.20. The second kappa shape index (κ2) is 9.11. The molecule has 0 aliphatic carbocycles. The van der Waals surface area contributed by atoms with Crippen LogP contribution in [0.1, 0.15) is 24.8 Å². The summed E-state index contributed by atoms with van der Waals surface area (Å²) in [5.41, 5.74) is 1.42. The van der Waals surface area contributed by atoms with Crippen molar-refractivity contribution in [3.63, 3.8) is 0 Å². The zero-order chi connectivity index (χ0) is 14.0. The Hall–Kier alpha value is -0.900. The molecule has 3 heteroatoms. The molecule has 1 aromatic carbocycles. The first kappa shape index (κ1) is 15.5. The molecule has 3 nitrogen and oxygen atoms in total. The molecule has 1 fully saturated rings. The Balaban J connectivity index is 1.50. The molecule has 1 aromatic rings. The number of nitrogens with one attached hydrogen (secondary N) is 1. The third-order valence-corrected chi connectivity index (χ3v) is 3.95. The molecule has 0 atom stereocenters. The van der Waals surface area contributed by atoms with Crippen LogP contribution in [0, 0.1) is 0 Å². The van der Waals surface area contributed by atoms with Crippen LogP contribution in [0.15, 0.2) is 30.3 Å².